The molecular formula is C25H22ClFN6O. The molecule has 1 amide bonds. The number of rotatable bonds is 7. The minimum Gasteiger partial charge on any atom is -0.364 e. The van der Waals surface area contributed by atoms with Gasteiger partial charge in [-0.15, -0.1) is 0 Å². The second-order valence-corrected chi connectivity index (χ2v) is 9.45. The summed E-state index contributed by atoms with van der Waals surface area (Å²) in [5.74, 6) is 0.877. The van der Waals surface area contributed by atoms with Crippen LogP contribution in [0, 0.1) is 11.7 Å². The minimum atomic E-state index is -0.394. The Labute approximate surface area is 200 Å². The molecule has 2 atom stereocenters. The molecule has 34 heavy (non-hydrogen) atoms. The summed E-state index contributed by atoms with van der Waals surface area (Å²) in [5, 5.41) is 6.42. The number of aromatic nitrogens is 4. The lowest BCUT2D eigenvalue weighted by Crippen LogP contribution is -2.16. The summed E-state index contributed by atoms with van der Waals surface area (Å²) in [5.41, 5.74) is 3.91. The Morgan fingerprint density at radius 1 is 1.09 bits per heavy atom. The maximum atomic E-state index is 13.6. The molecule has 7 nitrogen and oxygen atoms in total. The Morgan fingerprint density at radius 2 is 1.94 bits per heavy atom. The summed E-state index contributed by atoms with van der Waals surface area (Å²) in [6, 6.07) is 10.3. The van der Waals surface area contributed by atoms with Gasteiger partial charge >= 0.3 is 0 Å². The van der Waals surface area contributed by atoms with Crippen LogP contribution in [0.15, 0.2) is 55.1 Å². The highest BCUT2D eigenvalue weighted by Gasteiger charge is 2.44. The fourth-order valence-corrected chi connectivity index (χ4v) is 4.60. The summed E-state index contributed by atoms with van der Waals surface area (Å²) in [7, 11) is 0. The zero-order valence-corrected chi connectivity index (χ0v) is 19.0. The topological polar surface area (TPSA) is 84.2 Å². The minimum absolute atomic E-state index is 0.0388. The molecule has 2 saturated carbocycles. The Morgan fingerprint density at radius 3 is 2.76 bits per heavy atom. The van der Waals surface area contributed by atoms with Crippen molar-refractivity contribution in [3.05, 3.63) is 82.8 Å². The molecule has 9 heteroatoms. The fraction of sp³-hybridized carbons (Fsp3) is 0.280. The first-order valence-electron chi connectivity index (χ1n) is 11.3. The van der Waals surface area contributed by atoms with Crippen LogP contribution in [0.4, 0.5) is 16.0 Å². The van der Waals surface area contributed by atoms with E-state index in [1.165, 1.54) is 36.9 Å². The number of benzene rings is 1. The van der Waals surface area contributed by atoms with Crippen molar-refractivity contribution in [3.63, 3.8) is 0 Å². The monoisotopic (exact) mass is 476 g/mol. The van der Waals surface area contributed by atoms with Crippen LogP contribution in [-0.2, 0) is 11.3 Å². The second kappa shape index (κ2) is 8.36. The van der Waals surface area contributed by atoms with Gasteiger partial charge in [-0.2, -0.15) is 0 Å². The van der Waals surface area contributed by atoms with E-state index in [2.05, 4.69) is 48.3 Å². The average molecular weight is 477 g/mol. The van der Waals surface area contributed by atoms with E-state index in [0.29, 0.717) is 35.5 Å². The van der Waals surface area contributed by atoms with Crippen LogP contribution in [0.5, 0.6) is 0 Å². The van der Waals surface area contributed by atoms with Crippen molar-refractivity contribution >= 4 is 34.8 Å². The van der Waals surface area contributed by atoms with Crippen molar-refractivity contribution in [2.45, 2.75) is 37.6 Å². The third-order valence-corrected chi connectivity index (χ3v) is 6.60. The van der Waals surface area contributed by atoms with Crippen molar-refractivity contribution in [2.24, 2.45) is 5.92 Å². The number of anilines is 2. The molecule has 3 heterocycles. The smallest absolute Gasteiger partial charge is 0.229 e. The molecule has 6 rings (SSSR count). The first kappa shape index (κ1) is 21.0. The van der Waals surface area contributed by atoms with Crippen molar-refractivity contribution in [1.29, 1.82) is 0 Å². The number of pyridine rings is 1. The number of nitrogens with zero attached hydrogens (tertiary/aromatic N) is 4. The zero-order valence-electron chi connectivity index (χ0n) is 18.2. The van der Waals surface area contributed by atoms with E-state index in [9.17, 15) is 9.18 Å². The van der Waals surface area contributed by atoms with Gasteiger partial charge in [0.15, 0.2) is 0 Å². The molecule has 0 aliphatic heterocycles. The van der Waals surface area contributed by atoms with Crippen LogP contribution >= 0.6 is 11.6 Å². The van der Waals surface area contributed by atoms with Gasteiger partial charge in [-0.1, -0.05) is 17.7 Å². The second-order valence-electron chi connectivity index (χ2n) is 9.02. The van der Waals surface area contributed by atoms with Gasteiger partial charge in [-0.3, -0.25) is 4.79 Å². The maximum Gasteiger partial charge on any atom is 0.229 e. The van der Waals surface area contributed by atoms with E-state index >= 15 is 0 Å². The molecule has 3 aromatic heterocycles. The third kappa shape index (κ3) is 4.46. The van der Waals surface area contributed by atoms with E-state index in [1.54, 1.807) is 12.1 Å². The molecule has 0 spiro atoms. The molecule has 2 fully saturated rings. The van der Waals surface area contributed by atoms with Crippen molar-refractivity contribution < 1.29 is 9.18 Å². The van der Waals surface area contributed by atoms with Crippen LogP contribution in [0.3, 0.4) is 0 Å². The van der Waals surface area contributed by atoms with Gasteiger partial charge in [0, 0.05) is 29.4 Å². The lowest BCUT2D eigenvalue weighted by Gasteiger charge is -2.07. The summed E-state index contributed by atoms with van der Waals surface area (Å²) >= 11 is 5.94. The Kier molecular flexibility index (Phi) is 5.17. The first-order valence-corrected chi connectivity index (χ1v) is 11.7. The molecule has 0 bridgehead atoms. The van der Waals surface area contributed by atoms with E-state index in [0.717, 1.165) is 16.9 Å². The first-order chi connectivity index (χ1) is 16.5. The van der Waals surface area contributed by atoms with Crippen LogP contribution in [-0.4, -0.2) is 25.3 Å². The Hall–Kier alpha value is -3.52. The van der Waals surface area contributed by atoms with Gasteiger partial charge in [-0.05, 0) is 66.5 Å². The highest BCUT2D eigenvalue weighted by Crippen LogP contribution is 2.48. The summed E-state index contributed by atoms with van der Waals surface area (Å²) in [6.45, 7) is 0.496. The number of hydrogen-bond donors (Lipinski definition) is 2. The normalized spacial score (nSPS) is 19.2. The molecule has 2 N–H and O–H groups in total. The van der Waals surface area contributed by atoms with E-state index < -0.39 is 5.82 Å². The highest BCUT2D eigenvalue weighted by atomic mass is 35.5. The van der Waals surface area contributed by atoms with E-state index in [-0.39, 0.29) is 17.7 Å². The quantitative estimate of drug-likeness (QED) is 0.385. The highest BCUT2D eigenvalue weighted by molar-refractivity contribution is 6.30. The van der Waals surface area contributed by atoms with Gasteiger partial charge in [0.05, 0.1) is 12.2 Å². The standard InChI is InChI=1S/C25H22ClFN6O/c26-17-5-16(6-18(27)7-17)20-8-21(20)25(34)32-23-9-22(29-13-30-23)28-10-19-12-33-11-15(14-1-2-14)3-4-24(33)31-19/h3-7,9,11-14,20-21H,1-2,8,10H2,(H2,28,29,30,32,34). The van der Waals surface area contributed by atoms with Gasteiger partial charge in [0.1, 0.15) is 29.4 Å². The molecule has 4 aromatic rings. The molecule has 0 radical (unpaired) electrons. The number of amides is 1. The zero-order chi connectivity index (χ0) is 23.2. The molecule has 2 aliphatic carbocycles. The molecule has 2 unspecified atom stereocenters. The molecule has 2 aliphatic rings. The van der Waals surface area contributed by atoms with E-state index in [4.69, 9.17) is 11.6 Å². The summed E-state index contributed by atoms with van der Waals surface area (Å²) < 4.78 is 15.7. The number of imidazole rings is 1. The largest absolute Gasteiger partial charge is 0.364 e. The number of fused-ring (bicyclic) bond motifs is 1. The van der Waals surface area contributed by atoms with Crippen molar-refractivity contribution in [2.75, 3.05) is 10.6 Å². The SMILES string of the molecule is O=C(Nc1cc(NCc2cn3cc(C4CC4)ccc3n2)ncn1)C1CC1c1cc(F)cc(Cl)c1. The van der Waals surface area contributed by atoms with Crippen molar-refractivity contribution in [1.82, 2.24) is 19.4 Å². The maximum absolute atomic E-state index is 13.6. The third-order valence-electron chi connectivity index (χ3n) is 6.38. The van der Waals surface area contributed by atoms with Crippen LogP contribution in [0.1, 0.15) is 47.9 Å². The molecular weight excluding hydrogens is 455 g/mol. The number of nitrogens with one attached hydrogen (secondary N) is 2. The Balaban J connectivity index is 1.08. The molecule has 0 saturated heterocycles. The van der Waals surface area contributed by atoms with Gasteiger partial charge in [0.25, 0.3) is 0 Å². The fourth-order valence-electron chi connectivity index (χ4n) is 4.37. The van der Waals surface area contributed by atoms with Crippen molar-refractivity contribution in [3.8, 4) is 0 Å². The van der Waals surface area contributed by atoms with Crippen LogP contribution < -0.4 is 10.6 Å². The summed E-state index contributed by atoms with van der Waals surface area (Å²) in [6.07, 6.45) is 8.76. The van der Waals surface area contributed by atoms with Crippen LogP contribution in [0.2, 0.25) is 5.02 Å². The number of hydrogen-bond acceptors (Lipinski definition) is 5. The predicted octanol–water partition coefficient (Wildman–Crippen LogP) is 5.15. The predicted molar refractivity (Wildman–Crippen MR) is 127 cm³/mol. The lowest BCUT2D eigenvalue weighted by molar-refractivity contribution is -0.117. The number of carbonyl (C=O) groups is 1. The lowest BCUT2D eigenvalue weighted by atomic mass is 10.1. The van der Waals surface area contributed by atoms with Gasteiger partial charge < -0.3 is 15.0 Å². The average Bonchev–Trinajstić information content (AvgIpc) is 3.73. The molecule has 1 aromatic carbocycles. The van der Waals surface area contributed by atoms with E-state index in [1.807, 2.05) is 6.20 Å². The number of carbonyl (C=O) groups excluding carboxylic acids is 1. The number of halogens is 2. The summed E-state index contributed by atoms with van der Waals surface area (Å²) in [4.78, 5) is 25.7. The molecule has 172 valence electrons. The van der Waals surface area contributed by atoms with Gasteiger partial charge in [-0.25, -0.2) is 19.3 Å². The Bertz CT molecular complexity index is 1380. The van der Waals surface area contributed by atoms with Gasteiger partial charge in [0.2, 0.25) is 5.91 Å². The van der Waals surface area contributed by atoms with Crippen LogP contribution in [0.25, 0.3) is 5.65 Å².